The predicted octanol–water partition coefficient (Wildman–Crippen LogP) is 6.14. The molecule has 0 atom stereocenters. The van der Waals surface area contributed by atoms with E-state index in [2.05, 4.69) is 47.7 Å². The van der Waals surface area contributed by atoms with Crippen LogP contribution in [-0.2, 0) is 14.8 Å². The van der Waals surface area contributed by atoms with Gasteiger partial charge in [-0.05, 0) is 86.6 Å². The fourth-order valence-electron chi connectivity index (χ4n) is 4.47. The van der Waals surface area contributed by atoms with Gasteiger partial charge < -0.3 is 4.90 Å². The van der Waals surface area contributed by atoms with Gasteiger partial charge in [0.25, 0.3) is 15.9 Å². The van der Waals surface area contributed by atoms with Crippen molar-refractivity contribution in [1.29, 1.82) is 0 Å². The molecule has 0 bridgehead atoms. The van der Waals surface area contributed by atoms with Gasteiger partial charge in [0.15, 0.2) is 5.17 Å². The first-order chi connectivity index (χ1) is 18.3. The van der Waals surface area contributed by atoms with Crippen LogP contribution in [0, 0.1) is 6.92 Å². The van der Waals surface area contributed by atoms with Gasteiger partial charge in [0.2, 0.25) is 0 Å². The minimum absolute atomic E-state index is 0.0918. The minimum Gasteiger partial charge on any atom is -0.340 e. The van der Waals surface area contributed by atoms with Crippen LogP contribution in [0.25, 0.3) is 6.08 Å². The smallest absolute Gasteiger partial charge is 0.268 e. The summed E-state index contributed by atoms with van der Waals surface area (Å²) in [7, 11) is -3.73. The van der Waals surface area contributed by atoms with Crippen molar-refractivity contribution in [2.45, 2.75) is 25.7 Å². The molecule has 7 nitrogen and oxygen atoms in total. The maximum absolute atomic E-state index is 13.5. The summed E-state index contributed by atoms with van der Waals surface area (Å²) in [6.07, 6.45) is 4.06. The number of amidine groups is 1. The number of aliphatic imine (C=N–C) groups is 1. The molecule has 5 rings (SSSR count). The van der Waals surface area contributed by atoms with Crippen LogP contribution < -0.4 is 9.62 Å². The van der Waals surface area contributed by atoms with Crippen molar-refractivity contribution in [3.63, 3.8) is 0 Å². The lowest BCUT2D eigenvalue weighted by molar-refractivity contribution is -0.122. The third kappa shape index (κ3) is 4.99. The van der Waals surface area contributed by atoms with E-state index < -0.39 is 10.0 Å². The molecule has 0 unspecified atom stereocenters. The average Bonchev–Trinajstić information content (AvgIpc) is 3.22. The molecule has 3 aromatic carbocycles. The molecule has 0 radical (unpaired) electrons. The van der Waals surface area contributed by atoms with E-state index in [-0.39, 0.29) is 10.8 Å². The molecule has 2 heterocycles. The Bertz CT molecular complexity index is 1600. The molecule has 0 spiro atoms. The topological polar surface area (TPSA) is 82.1 Å². The highest BCUT2D eigenvalue weighted by atomic mass is 32.2. The SMILES string of the molecule is CCN1C(=O)C(=C2C=Cc3cc(C)ccc3N2CC)SC1=Nc1cccc(NS(=O)(=O)c2ccccc2)c1. The van der Waals surface area contributed by atoms with E-state index in [0.717, 1.165) is 23.5 Å². The van der Waals surface area contributed by atoms with Crippen molar-refractivity contribution < 1.29 is 13.2 Å². The summed E-state index contributed by atoms with van der Waals surface area (Å²) in [6.45, 7) is 7.24. The molecule has 1 fully saturated rings. The summed E-state index contributed by atoms with van der Waals surface area (Å²) >= 11 is 1.34. The number of hydrogen-bond acceptors (Lipinski definition) is 6. The Morgan fingerprint density at radius 2 is 1.66 bits per heavy atom. The number of thioether (sulfide) groups is 1. The van der Waals surface area contributed by atoms with E-state index >= 15 is 0 Å². The van der Waals surface area contributed by atoms with Crippen LogP contribution in [-0.4, -0.2) is 37.5 Å². The number of likely N-dealkylation sites (N-methyl/N-ethyl adjacent to an activating group) is 2. The van der Waals surface area contributed by atoms with Crippen molar-refractivity contribution in [1.82, 2.24) is 4.90 Å². The molecule has 0 aromatic heterocycles. The van der Waals surface area contributed by atoms with Crippen LogP contribution in [0.2, 0.25) is 0 Å². The third-order valence-electron chi connectivity index (χ3n) is 6.29. The van der Waals surface area contributed by atoms with E-state index in [1.54, 1.807) is 59.5 Å². The van der Waals surface area contributed by atoms with E-state index in [1.807, 2.05) is 13.0 Å². The molecule has 2 aliphatic heterocycles. The molecule has 1 amide bonds. The normalized spacial score (nSPS) is 18.3. The summed E-state index contributed by atoms with van der Waals surface area (Å²) in [4.78, 5) is 22.9. The van der Waals surface area contributed by atoms with Crippen LogP contribution in [0.5, 0.6) is 0 Å². The van der Waals surface area contributed by atoms with Crippen LogP contribution in [0.15, 0.2) is 99.4 Å². The number of carbonyl (C=O) groups is 1. The number of fused-ring (bicyclic) bond motifs is 1. The van der Waals surface area contributed by atoms with Crippen molar-refractivity contribution >= 4 is 56.0 Å². The number of hydrogen-bond donors (Lipinski definition) is 1. The number of rotatable bonds is 6. The first kappa shape index (κ1) is 25.8. The van der Waals surface area contributed by atoms with Crippen LogP contribution in [0.1, 0.15) is 25.0 Å². The molecule has 0 saturated carbocycles. The zero-order valence-corrected chi connectivity index (χ0v) is 23.0. The maximum Gasteiger partial charge on any atom is 0.268 e. The van der Waals surface area contributed by atoms with E-state index in [1.165, 1.54) is 17.3 Å². The molecule has 2 aliphatic rings. The van der Waals surface area contributed by atoms with Gasteiger partial charge in [-0.2, -0.15) is 0 Å². The largest absolute Gasteiger partial charge is 0.340 e. The molecule has 1 N–H and O–H groups in total. The Hall–Kier alpha value is -3.82. The quantitative estimate of drug-likeness (QED) is 0.377. The second-order valence-corrected chi connectivity index (χ2v) is 11.5. The highest BCUT2D eigenvalue weighted by Crippen LogP contribution is 2.40. The van der Waals surface area contributed by atoms with E-state index in [4.69, 9.17) is 4.99 Å². The van der Waals surface area contributed by atoms with E-state index in [9.17, 15) is 13.2 Å². The first-order valence-electron chi connectivity index (χ1n) is 12.4. The molecular formula is C29H28N4O3S2. The number of allylic oxidation sites excluding steroid dienone is 1. The number of carbonyl (C=O) groups excluding carboxylic acids is 1. The third-order valence-corrected chi connectivity index (χ3v) is 8.77. The van der Waals surface area contributed by atoms with Gasteiger partial charge in [-0.15, -0.1) is 0 Å². The summed E-state index contributed by atoms with van der Waals surface area (Å²) < 4.78 is 28.1. The van der Waals surface area contributed by atoms with E-state index in [0.29, 0.717) is 28.0 Å². The van der Waals surface area contributed by atoms with Gasteiger partial charge in [0.1, 0.15) is 4.91 Å². The Balaban J connectivity index is 1.47. The standard InChI is InChI=1S/C29H28N4O3S2/c1-4-32-25-16-14-20(3)18-21(25)15-17-26(32)27-28(34)33(5-2)29(37-27)30-22-10-9-11-23(19-22)31-38(35,36)24-12-7-6-8-13-24/h6-19,31H,4-5H2,1-3H3. The van der Waals surface area contributed by atoms with Crippen molar-refractivity contribution in [3.05, 3.63) is 101 Å². The van der Waals surface area contributed by atoms with Gasteiger partial charge in [0, 0.05) is 18.8 Å². The molecule has 0 aliphatic carbocycles. The number of sulfonamides is 1. The Morgan fingerprint density at radius 3 is 2.39 bits per heavy atom. The van der Waals surface area contributed by atoms with Crippen molar-refractivity contribution in [2.24, 2.45) is 4.99 Å². The zero-order valence-electron chi connectivity index (χ0n) is 21.4. The second-order valence-electron chi connectivity index (χ2n) is 8.87. The van der Waals surface area contributed by atoms with Gasteiger partial charge in [-0.1, -0.05) is 42.0 Å². The zero-order chi connectivity index (χ0) is 26.9. The van der Waals surface area contributed by atoms with Crippen LogP contribution in [0.3, 0.4) is 0 Å². The minimum atomic E-state index is -3.73. The number of benzene rings is 3. The van der Waals surface area contributed by atoms with Crippen LogP contribution >= 0.6 is 11.8 Å². The Labute approximate surface area is 227 Å². The lowest BCUT2D eigenvalue weighted by Gasteiger charge is -2.30. The maximum atomic E-state index is 13.5. The monoisotopic (exact) mass is 544 g/mol. The molecule has 9 heteroatoms. The van der Waals surface area contributed by atoms with Gasteiger partial charge in [0.05, 0.1) is 22.0 Å². The summed E-state index contributed by atoms with van der Waals surface area (Å²) in [5.74, 6) is -0.0918. The molecular weight excluding hydrogens is 516 g/mol. The van der Waals surface area contributed by atoms with Crippen molar-refractivity contribution in [2.75, 3.05) is 22.7 Å². The first-order valence-corrected chi connectivity index (χ1v) is 14.7. The molecule has 194 valence electrons. The average molecular weight is 545 g/mol. The lowest BCUT2D eigenvalue weighted by Crippen LogP contribution is -2.30. The van der Waals surface area contributed by atoms with Crippen LogP contribution in [0.4, 0.5) is 17.1 Å². The fraction of sp³-hybridized carbons (Fsp3) is 0.172. The number of nitrogens with one attached hydrogen (secondary N) is 1. The number of nitrogens with zero attached hydrogens (tertiary/aromatic N) is 3. The van der Waals surface area contributed by atoms with Crippen molar-refractivity contribution in [3.8, 4) is 0 Å². The number of aryl methyl sites for hydroxylation is 1. The number of anilines is 2. The predicted molar refractivity (Wildman–Crippen MR) is 156 cm³/mol. The lowest BCUT2D eigenvalue weighted by atomic mass is 10.0. The molecule has 3 aromatic rings. The summed E-state index contributed by atoms with van der Waals surface area (Å²) in [5.41, 5.74) is 5.18. The molecule has 38 heavy (non-hydrogen) atoms. The number of amides is 1. The summed E-state index contributed by atoms with van der Waals surface area (Å²) in [5, 5.41) is 0.558. The highest BCUT2D eigenvalue weighted by molar-refractivity contribution is 8.18. The van der Waals surface area contributed by atoms with Gasteiger partial charge in [-0.25, -0.2) is 13.4 Å². The second kappa shape index (κ2) is 10.5. The van der Waals surface area contributed by atoms with Gasteiger partial charge >= 0.3 is 0 Å². The van der Waals surface area contributed by atoms with Gasteiger partial charge in [-0.3, -0.25) is 14.4 Å². The Morgan fingerprint density at radius 1 is 0.895 bits per heavy atom. The fourth-order valence-corrected chi connectivity index (χ4v) is 6.67. The Kier molecular flexibility index (Phi) is 7.14. The highest BCUT2D eigenvalue weighted by Gasteiger charge is 2.36. The molecule has 1 saturated heterocycles. The summed E-state index contributed by atoms with van der Waals surface area (Å²) in [6, 6.07) is 21.4.